The smallest absolute Gasteiger partial charge is 0.344 e. The molecule has 0 N–H and O–H groups in total. The van der Waals surface area contributed by atoms with E-state index < -0.39 is 5.97 Å². The lowest BCUT2D eigenvalue weighted by Crippen LogP contribution is -2.50. The average Bonchev–Trinajstić information content (AvgIpc) is 2.81. The molecule has 1 amide bonds. The van der Waals surface area contributed by atoms with E-state index in [1.807, 2.05) is 30.3 Å². The van der Waals surface area contributed by atoms with Crippen molar-refractivity contribution in [2.24, 2.45) is 0 Å². The molecule has 156 valence electrons. The Bertz CT molecular complexity index is 932. The first-order valence-electron chi connectivity index (χ1n) is 9.55. The van der Waals surface area contributed by atoms with E-state index in [9.17, 15) is 9.59 Å². The number of hydrogen-bond acceptors (Lipinski definition) is 7. The molecule has 1 fully saturated rings. The summed E-state index contributed by atoms with van der Waals surface area (Å²) in [5, 5.41) is 9.02. The summed E-state index contributed by atoms with van der Waals surface area (Å²) in [5.41, 5.74) is 1.32. The van der Waals surface area contributed by atoms with E-state index in [-0.39, 0.29) is 19.1 Å². The maximum atomic E-state index is 12.4. The molecular weight excluding hydrogens is 386 g/mol. The fourth-order valence-corrected chi connectivity index (χ4v) is 3.18. The number of piperazine rings is 1. The monoisotopic (exact) mass is 409 g/mol. The number of carbonyl (C=O) groups is 2. The van der Waals surface area contributed by atoms with Gasteiger partial charge in [-0.1, -0.05) is 24.3 Å². The summed E-state index contributed by atoms with van der Waals surface area (Å²) in [6.07, 6.45) is 0. The Kier molecular flexibility index (Phi) is 7.11. The molecule has 1 aliphatic heterocycles. The highest BCUT2D eigenvalue weighted by Crippen LogP contribution is 2.28. The van der Waals surface area contributed by atoms with Crippen molar-refractivity contribution >= 4 is 17.6 Å². The number of nitriles is 1. The Labute approximate surface area is 175 Å². The molecule has 2 aromatic carbocycles. The molecule has 0 radical (unpaired) electrons. The number of benzene rings is 2. The summed E-state index contributed by atoms with van der Waals surface area (Å²) in [6, 6.07) is 16.3. The summed E-state index contributed by atoms with van der Waals surface area (Å²) < 4.78 is 15.7. The highest BCUT2D eigenvalue weighted by Gasteiger charge is 2.23. The fourth-order valence-electron chi connectivity index (χ4n) is 3.18. The Morgan fingerprint density at radius 3 is 2.33 bits per heavy atom. The van der Waals surface area contributed by atoms with Crippen LogP contribution in [0.3, 0.4) is 0 Å². The first-order valence-corrected chi connectivity index (χ1v) is 9.55. The highest BCUT2D eigenvalue weighted by atomic mass is 16.6. The van der Waals surface area contributed by atoms with Crippen LogP contribution >= 0.6 is 0 Å². The Hall–Kier alpha value is -3.73. The summed E-state index contributed by atoms with van der Waals surface area (Å²) in [6.45, 7) is 1.67. The van der Waals surface area contributed by atoms with E-state index in [2.05, 4.69) is 4.90 Å². The lowest BCUT2D eigenvalue weighted by molar-refractivity contribution is -0.153. The van der Waals surface area contributed by atoms with Gasteiger partial charge in [0.15, 0.2) is 13.2 Å². The molecule has 2 aromatic rings. The zero-order valence-corrected chi connectivity index (χ0v) is 16.7. The van der Waals surface area contributed by atoms with Crippen LogP contribution in [-0.2, 0) is 14.3 Å². The quantitative estimate of drug-likeness (QED) is 0.644. The van der Waals surface area contributed by atoms with Crippen molar-refractivity contribution in [3.05, 3.63) is 54.1 Å². The van der Waals surface area contributed by atoms with Crippen LogP contribution in [0.15, 0.2) is 48.5 Å². The second kappa shape index (κ2) is 10.2. The normalized spacial score (nSPS) is 13.3. The number of methoxy groups -OCH3 is 1. The number of hydrogen-bond donors (Lipinski definition) is 0. The van der Waals surface area contributed by atoms with Gasteiger partial charge in [0.1, 0.15) is 17.6 Å². The number of esters is 1. The molecule has 0 spiro atoms. The molecule has 0 bridgehead atoms. The summed E-state index contributed by atoms with van der Waals surface area (Å²) >= 11 is 0. The number of para-hydroxylation sites is 3. The van der Waals surface area contributed by atoms with Crippen molar-refractivity contribution in [3.8, 4) is 17.6 Å². The topological polar surface area (TPSA) is 92.1 Å². The maximum absolute atomic E-state index is 12.4. The lowest BCUT2D eigenvalue weighted by atomic mass is 10.2. The first-order chi connectivity index (χ1) is 14.6. The van der Waals surface area contributed by atoms with Crippen molar-refractivity contribution in [2.75, 3.05) is 51.4 Å². The number of ether oxygens (including phenoxy) is 3. The Morgan fingerprint density at radius 2 is 1.63 bits per heavy atom. The van der Waals surface area contributed by atoms with E-state index in [1.165, 1.54) is 0 Å². The van der Waals surface area contributed by atoms with Crippen LogP contribution in [0.5, 0.6) is 11.5 Å². The van der Waals surface area contributed by atoms with Crippen molar-refractivity contribution in [2.45, 2.75) is 0 Å². The number of amides is 1. The predicted molar refractivity (Wildman–Crippen MR) is 109 cm³/mol. The third-order valence-electron chi connectivity index (χ3n) is 4.77. The SMILES string of the molecule is COc1ccccc1N1CCN(C(=O)COC(=O)COc2ccccc2C#N)CC1. The van der Waals surface area contributed by atoms with E-state index in [0.29, 0.717) is 37.5 Å². The van der Waals surface area contributed by atoms with Gasteiger partial charge >= 0.3 is 5.97 Å². The number of rotatable bonds is 7. The molecule has 30 heavy (non-hydrogen) atoms. The van der Waals surface area contributed by atoms with Crippen molar-refractivity contribution in [1.82, 2.24) is 4.90 Å². The van der Waals surface area contributed by atoms with Crippen LogP contribution < -0.4 is 14.4 Å². The molecule has 8 nitrogen and oxygen atoms in total. The summed E-state index contributed by atoms with van der Waals surface area (Å²) in [7, 11) is 1.63. The molecule has 0 saturated carbocycles. The summed E-state index contributed by atoms with van der Waals surface area (Å²) in [5.74, 6) is 0.184. The molecule has 8 heteroatoms. The third-order valence-corrected chi connectivity index (χ3v) is 4.77. The van der Waals surface area contributed by atoms with Crippen LogP contribution in [0.1, 0.15) is 5.56 Å². The number of anilines is 1. The van der Waals surface area contributed by atoms with Crippen LogP contribution in [0.2, 0.25) is 0 Å². The average molecular weight is 409 g/mol. The van der Waals surface area contributed by atoms with E-state index in [1.54, 1.807) is 36.3 Å². The predicted octanol–water partition coefficient (Wildman–Crippen LogP) is 1.84. The maximum Gasteiger partial charge on any atom is 0.344 e. The molecule has 0 aliphatic carbocycles. The first kappa shape index (κ1) is 21.0. The van der Waals surface area contributed by atoms with Gasteiger partial charge in [0.2, 0.25) is 0 Å². The number of nitrogens with zero attached hydrogens (tertiary/aromatic N) is 3. The van der Waals surface area contributed by atoms with Crippen LogP contribution in [0.4, 0.5) is 5.69 Å². The van der Waals surface area contributed by atoms with Gasteiger partial charge in [0.25, 0.3) is 5.91 Å². The van der Waals surface area contributed by atoms with Gasteiger partial charge in [-0.2, -0.15) is 5.26 Å². The van der Waals surface area contributed by atoms with Gasteiger partial charge in [-0.05, 0) is 24.3 Å². The molecule has 0 unspecified atom stereocenters. The summed E-state index contributed by atoms with van der Waals surface area (Å²) in [4.78, 5) is 28.1. The molecule has 0 aromatic heterocycles. The highest BCUT2D eigenvalue weighted by molar-refractivity contribution is 5.81. The van der Waals surface area contributed by atoms with E-state index >= 15 is 0 Å². The molecule has 0 atom stereocenters. The second-order valence-corrected chi connectivity index (χ2v) is 6.60. The molecule has 1 saturated heterocycles. The van der Waals surface area contributed by atoms with Crippen LogP contribution in [-0.4, -0.2) is 63.3 Å². The van der Waals surface area contributed by atoms with Gasteiger partial charge < -0.3 is 24.0 Å². The minimum Gasteiger partial charge on any atom is -0.495 e. The van der Waals surface area contributed by atoms with E-state index in [4.69, 9.17) is 19.5 Å². The van der Waals surface area contributed by atoms with Gasteiger partial charge in [-0.15, -0.1) is 0 Å². The van der Waals surface area contributed by atoms with Crippen LogP contribution in [0, 0.1) is 11.3 Å². The zero-order chi connectivity index (χ0) is 21.3. The van der Waals surface area contributed by atoms with Crippen molar-refractivity contribution in [1.29, 1.82) is 5.26 Å². The van der Waals surface area contributed by atoms with Crippen molar-refractivity contribution < 1.29 is 23.8 Å². The Balaban J connectivity index is 1.42. The van der Waals surface area contributed by atoms with Gasteiger partial charge in [0.05, 0.1) is 18.4 Å². The number of carbonyl (C=O) groups excluding carboxylic acids is 2. The second-order valence-electron chi connectivity index (χ2n) is 6.60. The third kappa shape index (κ3) is 5.20. The molecular formula is C22H23N3O5. The molecule has 1 heterocycles. The molecule has 3 rings (SSSR count). The van der Waals surface area contributed by atoms with Crippen molar-refractivity contribution in [3.63, 3.8) is 0 Å². The Morgan fingerprint density at radius 1 is 0.967 bits per heavy atom. The minimum atomic E-state index is -0.663. The van der Waals surface area contributed by atoms with Gasteiger partial charge in [-0.25, -0.2) is 4.79 Å². The van der Waals surface area contributed by atoms with E-state index in [0.717, 1.165) is 11.4 Å². The van der Waals surface area contributed by atoms with Crippen LogP contribution in [0.25, 0.3) is 0 Å². The molecule has 1 aliphatic rings. The van der Waals surface area contributed by atoms with Gasteiger partial charge in [-0.3, -0.25) is 4.79 Å². The lowest BCUT2D eigenvalue weighted by Gasteiger charge is -2.36. The van der Waals surface area contributed by atoms with Gasteiger partial charge in [0, 0.05) is 26.2 Å². The zero-order valence-electron chi connectivity index (χ0n) is 16.7. The largest absolute Gasteiger partial charge is 0.495 e. The minimum absolute atomic E-state index is 0.250. The fraction of sp³-hybridized carbons (Fsp3) is 0.318. The standard InChI is InChI=1S/C22H23N3O5/c1-28-20-9-5-3-7-18(20)24-10-12-25(13-11-24)21(26)15-30-22(27)16-29-19-8-4-2-6-17(19)14-23/h2-9H,10-13,15-16H2,1H3.